The van der Waals surface area contributed by atoms with Gasteiger partial charge in [-0.15, -0.1) is 0 Å². The highest BCUT2D eigenvalue weighted by Crippen LogP contribution is 2.23. The van der Waals surface area contributed by atoms with Crippen LogP contribution < -0.4 is 5.32 Å². The maximum atomic E-state index is 12.3. The van der Waals surface area contributed by atoms with Crippen molar-refractivity contribution in [3.63, 3.8) is 0 Å². The maximum absolute atomic E-state index is 12.3. The van der Waals surface area contributed by atoms with Crippen LogP contribution in [0.1, 0.15) is 26.4 Å². The average Bonchev–Trinajstić information content (AvgIpc) is 3.17. The fourth-order valence-corrected chi connectivity index (χ4v) is 2.72. The Hall–Kier alpha value is -2.84. The molecule has 8 nitrogen and oxygen atoms in total. The van der Waals surface area contributed by atoms with E-state index >= 15 is 0 Å². The van der Waals surface area contributed by atoms with E-state index < -0.39 is 11.9 Å². The van der Waals surface area contributed by atoms with Gasteiger partial charge in [0.1, 0.15) is 0 Å². The third kappa shape index (κ3) is 3.71. The van der Waals surface area contributed by atoms with Crippen LogP contribution in [0.5, 0.6) is 0 Å². The number of carboxylic acids is 1. The number of benzene rings is 1. The number of anilines is 1. The van der Waals surface area contributed by atoms with Crippen LogP contribution in [-0.4, -0.2) is 36.5 Å². The second-order valence-corrected chi connectivity index (χ2v) is 6.28. The Morgan fingerprint density at radius 2 is 1.96 bits per heavy atom. The summed E-state index contributed by atoms with van der Waals surface area (Å²) in [7, 11) is 1.45. The van der Waals surface area contributed by atoms with Crippen molar-refractivity contribution in [2.24, 2.45) is 7.05 Å². The van der Waals surface area contributed by atoms with Crippen LogP contribution in [0, 0.1) is 0 Å². The molecule has 0 unspecified atom stereocenters. The lowest BCUT2D eigenvalue weighted by molar-refractivity contribution is 0.0680. The molecule has 0 fully saturated rings. The van der Waals surface area contributed by atoms with Crippen LogP contribution in [0.25, 0.3) is 0 Å². The van der Waals surface area contributed by atoms with Crippen molar-refractivity contribution in [1.82, 2.24) is 19.6 Å². The zero-order chi connectivity index (χ0) is 18.8. The van der Waals surface area contributed by atoms with E-state index in [1.165, 1.54) is 19.4 Å². The highest BCUT2D eigenvalue weighted by atomic mass is 35.5. The number of hydrogen-bond acceptors (Lipinski definition) is 4. The molecule has 2 aromatic heterocycles. The Morgan fingerprint density at radius 3 is 2.65 bits per heavy atom. The number of aromatic nitrogens is 4. The zero-order valence-corrected chi connectivity index (χ0v) is 15.0. The standard InChI is InChI=1S/C16H13Cl2N5O3/c1-22-14(16(25)26)11(6-19-22)15(24)21-10-5-20-23(8-10)7-9-2-3-12(17)13(18)4-9/h2-6,8H,7H2,1H3,(H,21,24)(H,25,26). The smallest absolute Gasteiger partial charge is 0.354 e. The summed E-state index contributed by atoms with van der Waals surface area (Å²) in [4.78, 5) is 23.5. The van der Waals surface area contributed by atoms with E-state index in [0.29, 0.717) is 22.3 Å². The molecule has 0 radical (unpaired) electrons. The molecule has 10 heteroatoms. The lowest BCUT2D eigenvalue weighted by atomic mass is 10.2. The fraction of sp³-hybridized carbons (Fsp3) is 0.125. The summed E-state index contributed by atoms with van der Waals surface area (Å²) >= 11 is 11.9. The van der Waals surface area contributed by atoms with Gasteiger partial charge < -0.3 is 10.4 Å². The summed E-state index contributed by atoms with van der Waals surface area (Å²) in [5.74, 6) is -1.81. The van der Waals surface area contributed by atoms with Gasteiger partial charge in [0.05, 0.1) is 40.2 Å². The van der Waals surface area contributed by atoms with Crippen LogP contribution in [0.4, 0.5) is 5.69 Å². The molecule has 134 valence electrons. The molecule has 1 amide bonds. The highest BCUT2D eigenvalue weighted by molar-refractivity contribution is 6.42. The first kappa shape index (κ1) is 18.0. The molecule has 3 rings (SSSR count). The molecule has 0 aliphatic carbocycles. The van der Waals surface area contributed by atoms with Gasteiger partial charge in [-0.05, 0) is 17.7 Å². The number of aryl methyl sites for hydroxylation is 1. The van der Waals surface area contributed by atoms with Crippen molar-refractivity contribution in [2.75, 3.05) is 5.32 Å². The molecular formula is C16H13Cl2N5O3. The van der Waals surface area contributed by atoms with E-state index in [9.17, 15) is 14.7 Å². The Labute approximate surface area is 157 Å². The Balaban J connectivity index is 1.73. The summed E-state index contributed by atoms with van der Waals surface area (Å²) in [6.45, 7) is 0.431. The van der Waals surface area contributed by atoms with Crippen molar-refractivity contribution in [3.05, 3.63) is 63.7 Å². The normalized spacial score (nSPS) is 10.7. The molecule has 0 aliphatic rings. The van der Waals surface area contributed by atoms with Gasteiger partial charge in [0.25, 0.3) is 5.91 Å². The first-order valence-corrected chi connectivity index (χ1v) is 8.14. The molecule has 2 heterocycles. The largest absolute Gasteiger partial charge is 0.477 e. The van der Waals surface area contributed by atoms with E-state index in [2.05, 4.69) is 15.5 Å². The highest BCUT2D eigenvalue weighted by Gasteiger charge is 2.21. The Kier molecular flexibility index (Phi) is 4.97. The van der Waals surface area contributed by atoms with Gasteiger partial charge in [0.2, 0.25) is 0 Å². The molecule has 0 spiro atoms. The van der Waals surface area contributed by atoms with Crippen molar-refractivity contribution in [2.45, 2.75) is 6.54 Å². The van der Waals surface area contributed by atoms with E-state index in [4.69, 9.17) is 23.2 Å². The molecule has 26 heavy (non-hydrogen) atoms. The van der Waals surface area contributed by atoms with Crippen LogP contribution in [0.2, 0.25) is 10.0 Å². The predicted octanol–water partition coefficient (Wildman–Crippen LogP) is 2.92. The monoisotopic (exact) mass is 393 g/mol. The van der Waals surface area contributed by atoms with E-state index in [1.807, 2.05) is 6.07 Å². The van der Waals surface area contributed by atoms with E-state index in [-0.39, 0.29) is 11.3 Å². The van der Waals surface area contributed by atoms with Gasteiger partial charge in [-0.25, -0.2) is 4.79 Å². The minimum absolute atomic E-state index is 0.0303. The molecule has 0 saturated carbocycles. The van der Waals surface area contributed by atoms with Crippen molar-refractivity contribution in [3.8, 4) is 0 Å². The lowest BCUT2D eigenvalue weighted by Gasteiger charge is -2.04. The third-order valence-electron chi connectivity index (χ3n) is 3.61. The molecular weight excluding hydrogens is 381 g/mol. The number of halogens is 2. The molecule has 0 bridgehead atoms. The Bertz CT molecular complexity index is 996. The summed E-state index contributed by atoms with van der Waals surface area (Å²) in [5.41, 5.74) is 1.10. The number of aromatic carboxylic acids is 1. The van der Waals surface area contributed by atoms with Gasteiger partial charge in [0.15, 0.2) is 5.69 Å². The SMILES string of the molecule is Cn1ncc(C(=O)Nc2cnn(Cc3ccc(Cl)c(Cl)c3)c2)c1C(=O)O. The molecule has 2 N–H and O–H groups in total. The number of carboxylic acid groups (broad SMARTS) is 1. The summed E-state index contributed by atoms with van der Waals surface area (Å²) < 4.78 is 2.74. The van der Waals surface area contributed by atoms with Gasteiger partial charge in [-0.2, -0.15) is 10.2 Å². The minimum Gasteiger partial charge on any atom is -0.477 e. The van der Waals surface area contributed by atoms with Crippen LogP contribution >= 0.6 is 23.2 Å². The van der Waals surface area contributed by atoms with Crippen LogP contribution in [0.3, 0.4) is 0 Å². The second-order valence-electron chi connectivity index (χ2n) is 5.46. The minimum atomic E-state index is -1.23. The number of amides is 1. The first-order chi connectivity index (χ1) is 12.3. The summed E-state index contributed by atoms with van der Waals surface area (Å²) in [5, 5.41) is 20.7. The van der Waals surface area contributed by atoms with Crippen molar-refractivity contribution < 1.29 is 14.7 Å². The molecule has 0 saturated heterocycles. The van der Waals surface area contributed by atoms with Gasteiger partial charge in [-0.3, -0.25) is 14.2 Å². The third-order valence-corrected chi connectivity index (χ3v) is 4.34. The molecule has 1 aromatic carbocycles. The van der Waals surface area contributed by atoms with Crippen molar-refractivity contribution in [1.29, 1.82) is 0 Å². The van der Waals surface area contributed by atoms with Gasteiger partial charge >= 0.3 is 5.97 Å². The lowest BCUT2D eigenvalue weighted by Crippen LogP contribution is -2.16. The maximum Gasteiger partial charge on any atom is 0.354 e. The number of hydrogen-bond donors (Lipinski definition) is 2. The van der Waals surface area contributed by atoms with E-state index in [1.54, 1.807) is 23.0 Å². The van der Waals surface area contributed by atoms with Crippen molar-refractivity contribution >= 4 is 40.8 Å². The average molecular weight is 394 g/mol. The molecule has 3 aromatic rings. The molecule has 0 aliphatic heterocycles. The van der Waals surface area contributed by atoms with Gasteiger partial charge in [-0.1, -0.05) is 29.3 Å². The number of nitrogens with zero attached hydrogens (tertiary/aromatic N) is 4. The second kappa shape index (κ2) is 7.19. The Morgan fingerprint density at radius 1 is 1.19 bits per heavy atom. The first-order valence-electron chi connectivity index (χ1n) is 7.38. The number of rotatable bonds is 5. The van der Waals surface area contributed by atoms with Gasteiger partial charge in [0, 0.05) is 13.2 Å². The number of carbonyl (C=O) groups excluding carboxylic acids is 1. The number of nitrogens with one attached hydrogen (secondary N) is 1. The number of carbonyl (C=O) groups is 2. The van der Waals surface area contributed by atoms with E-state index in [0.717, 1.165) is 10.2 Å². The van der Waals surface area contributed by atoms with Crippen LogP contribution in [0.15, 0.2) is 36.8 Å². The van der Waals surface area contributed by atoms with Crippen LogP contribution in [-0.2, 0) is 13.6 Å². The quantitative estimate of drug-likeness (QED) is 0.693. The summed E-state index contributed by atoms with van der Waals surface area (Å²) in [6, 6.07) is 5.25. The topological polar surface area (TPSA) is 102 Å². The fourth-order valence-electron chi connectivity index (χ4n) is 2.40. The zero-order valence-electron chi connectivity index (χ0n) is 13.5. The molecule has 0 atom stereocenters. The summed E-state index contributed by atoms with van der Waals surface area (Å²) in [6.07, 6.45) is 4.29. The predicted molar refractivity (Wildman–Crippen MR) is 95.9 cm³/mol.